The van der Waals surface area contributed by atoms with Crippen molar-refractivity contribution < 1.29 is 18.3 Å². The zero-order chi connectivity index (χ0) is 14.7. The highest BCUT2D eigenvalue weighted by molar-refractivity contribution is 6.30. The summed E-state index contributed by atoms with van der Waals surface area (Å²) in [6, 6.07) is 7.69. The lowest BCUT2D eigenvalue weighted by Crippen LogP contribution is -2.09. The summed E-state index contributed by atoms with van der Waals surface area (Å²) < 4.78 is 31.4. The summed E-state index contributed by atoms with van der Waals surface area (Å²) in [7, 11) is 0. The molecule has 0 aliphatic heterocycles. The lowest BCUT2D eigenvalue weighted by atomic mass is 10.2. The molecule has 0 aliphatic rings. The van der Waals surface area contributed by atoms with E-state index in [9.17, 15) is 13.6 Å². The minimum absolute atomic E-state index is 0.0221. The normalized spacial score (nSPS) is 10.3. The molecule has 0 saturated carbocycles. The van der Waals surface area contributed by atoms with Gasteiger partial charge in [-0.2, -0.15) is 0 Å². The van der Waals surface area contributed by atoms with Gasteiger partial charge in [-0.15, -0.1) is 0 Å². The number of carbonyl (C=O) groups is 1. The molecule has 0 amide bonds. The fourth-order valence-electron chi connectivity index (χ4n) is 1.60. The van der Waals surface area contributed by atoms with Crippen LogP contribution in [-0.2, 0) is 11.3 Å². The van der Waals surface area contributed by atoms with E-state index in [-0.39, 0.29) is 28.4 Å². The maximum atomic E-state index is 13.6. The molecule has 0 fully saturated rings. The van der Waals surface area contributed by atoms with Crippen molar-refractivity contribution >= 4 is 23.3 Å². The van der Waals surface area contributed by atoms with Crippen molar-refractivity contribution in [3.05, 3.63) is 64.2 Å². The van der Waals surface area contributed by atoms with Crippen molar-refractivity contribution in [3.8, 4) is 0 Å². The van der Waals surface area contributed by atoms with Gasteiger partial charge in [-0.25, -0.2) is 13.6 Å². The first-order valence-electron chi connectivity index (χ1n) is 5.64. The van der Waals surface area contributed by atoms with Crippen molar-refractivity contribution in [2.24, 2.45) is 0 Å². The third-order valence-corrected chi connectivity index (χ3v) is 2.92. The Morgan fingerprint density at radius 3 is 2.70 bits per heavy atom. The van der Waals surface area contributed by atoms with Gasteiger partial charge in [-0.1, -0.05) is 23.7 Å². The minimum atomic E-state index is -0.762. The van der Waals surface area contributed by atoms with E-state index in [0.29, 0.717) is 0 Å². The number of ether oxygens (including phenoxy) is 1. The standard InChI is InChI=1S/C14H10ClF2NO2/c15-11-3-1-2-8(13(11)17)7-20-14(19)10-5-4-9(16)6-12(10)18/h1-6H,7,18H2. The summed E-state index contributed by atoms with van der Waals surface area (Å²) in [5.74, 6) is -1.96. The summed E-state index contributed by atoms with van der Waals surface area (Å²) in [5.41, 5.74) is 5.64. The van der Waals surface area contributed by atoms with Gasteiger partial charge in [0.2, 0.25) is 0 Å². The smallest absolute Gasteiger partial charge is 0.340 e. The van der Waals surface area contributed by atoms with Gasteiger partial charge in [-0.05, 0) is 24.3 Å². The van der Waals surface area contributed by atoms with Crippen LogP contribution >= 0.6 is 11.6 Å². The van der Waals surface area contributed by atoms with Gasteiger partial charge in [0.1, 0.15) is 18.2 Å². The number of rotatable bonds is 3. The van der Waals surface area contributed by atoms with E-state index in [1.54, 1.807) is 6.07 Å². The number of esters is 1. The van der Waals surface area contributed by atoms with Gasteiger partial charge in [-0.3, -0.25) is 0 Å². The highest BCUT2D eigenvalue weighted by atomic mass is 35.5. The van der Waals surface area contributed by atoms with Gasteiger partial charge in [0.15, 0.2) is 0 Å². The predicted octanol–water partition coefficient (Wildman–Crippen LogP) is 3.56. The largest absolute Gasteiger partial charge is 0.457 e. The molecule has 0 atom stereocenters. The molecule has 6 heteroatoms. The second kappa shape index (κ2) is 5.88. The molecule has 2 aromatic rings. The molecule has 3 nitrogen and oxygen atoms in total. The third-order valence-electron chi connectivity index (χ3n) is 2.62. The molecule has 0 bridgehead atoms. The van der Waals surface area contributed by atoms with Crippen LogP contribution in [0.5, 0.6) is 0 Å². The quantitative estimate of drug-likeness (QED) is 0.696. The Kier molecular flexibility index (Phi) is 4.20. The van der Waals surface area contributed by atoms with Crippen LogP contribution < -0.4 is 5.73 Å². The van der Waals surface area contributed by atoms with E-state index in [0.717, 1.165) is 12.1 Å². The topological polar surface area (TPSA) is 52.3 Å². The van der Waals surface area contributed by atoms with Crippen molar-refractivity contribution in [2.45, 2.75) is 6.61 Å². The summed E-state index contributed by atoms with van der Waals surface area (Å²) in [5, 5.41) is -0.0557. The number of hydrogen-bond donors (Lipinski definition) is 1. The Balaban J connectivity index is 2.11. The molecular weight excluding hydrogens is 288 g/mol. The monoisotopic (exact) mass is 297 g/mol. The zero-order valence-corrected chi connectivity index (χ0v) is 11.0. The first kappa shape index (κ1) is 14.3. The third kappa shape index (κ3) is 3.05. The average Bonchev–Trinajstić information content (AvgIpc) is 2.40. The molecule has 0 aromatic heterocycles. The summed E-state index contributed by atoms with van der Waals surface area (Å²) in [6.45, 7) is -0.290. The van der Waals surface area contributed by atoms with Gasteiger partial charge in [0, 0.05) is 11.3 Å². The molecule has 0 saturated heterocycles. The second-order valence-corrected chi connectivity index (χ2v) is 4.43. The van der Waals surface area contributed by atoms with Gasteiger partial charge < -0.3 is 10.5 Å². The fraction of sp³-hybridized carbons (Fsp3) is 0.0714. The summed E-state index contributed by atoms with van der Waals surface area (Å²) >= 11 is 5.61. The molecule has 0 spiro atoms. The molecule has 0 heterocycles. The molecule has 2 N–H and O–H groups in total. The fourth-order valence-corrected chi connectivity index (χ4v) is 1.79. The van der Waals surface area contributed by atoms with Crippen LogP contribution in [0.3, 0.4) is 0 Å². The first-order chi connectivity index (χ1) is 9.49. The SMILES string of the molecule is Nc1cc(F)ccc1C(=O)OCc1cccc(Cl)c1F. The van der Waals surface area contributed by atoms with Crippen LogP contribution in [0.2, 0.25) is 5.02 Å². The lowest BCUT2D eigenvalue weighted by Gasteiger charge is -2.08. The molecule has 104 valence electrons. The van der Waals surface area contributed by atoms with Crippen molar-refractivity contribution in [1.82, 2.24) is 0 Å². The molecule has 20 heavy (non-hydrogen) atoms. The number of anilines is 1. The number of carbonyl (C=O) groups excluding carboxylic acids is 1. The van der Waals surface area contributed by atoms with Crippen LogP contribution in [0, 0.1) is 11.6 Å². The second-order valence-electron chi connectivity index (χ2n) is 4.02. The molecular formula is C14H10ClF2NO2. The molecule has 0 radical (unpaired) electrons. The Morgan fingerprint density at radius 2 is 2.00 bits per heavy atom. The Hall–Kier alpha value is -2.14. The highest BCUT2D eigenvalue weighted by Gasteiger charge is 2.14. The molecule has 0 unspecified atom stereocenters. The van der Waals surface area contributed by atoms with Crippen LogP contribution in [-0.4, -0.2) is 5.97 Å². The van der Waals surface area contributed by atoms with Crippen LogP contribution in [0.1, 0.15) is 15.9 Å². The Morgan fingerprint density at radius 1 is 1.25 bits per heavy atom. The number of halogens is 3. The van der Waals surface area contributed by atoms with E-state index in [1.807, 2.05) is 0 Å². The highest BCUT2D eigenvalue weighted by Crippen LogP contribution is 2.20. The number of nitrogen functional groups attached to an aromatic ring is 1. The number of nitrogens with two attached hydrogens (primary N) is 1. The summed E-state index contributed by atoms with van der Waals surface area (Å²) in [6.07, 6.45) is 0. The first-order valence-corrected chi connectivity index (χ1v) is 6.02. The Bertz CT molecular complexity index is 662. The number of benzene rings is 2. The van der Waals surface area contributed by atoms with E-state index >= 15 is 0 Å². The molecule has 2 rings (SSSR count). The van der Waals surface area contributed by atoms with Crippen molar-refractivity contribution in [3.63, 3.8) is 0 Å². The molecule has 2 aromatic carbocycles. The van der Waals surface area contributed by atoms with E-state index in [4.69, 9.17) is 22.1 Å². The summed E-state index contributed by atoms with van der Waals surface area (Å²) in [4.78, 5) is 11.8. The van der Waals surface area contributed by atoms with E-state index < -0.39 is 17.6 Å². The average molecular weight is 298 g/mol. The molecule has 0 aliphatic carbocycles. The predicted molar refractivity (Wildman–Crippen MR) is 71.3 cm³/mol. The van der Waals surface area contributed by atoms with Crippen LogP contribution in [0.4, 0.5) is 14.5 Å². The van der Waals surface area contributed by atoms with Gasteiger partial charge in [0.05, 0.1) is 10.6 Å². The Labute approximate surface area is 118 Å². The van der Waals surface area contributed by atoms with Crippen molar-refractivity contribution in [1.29, 1.82) is 0 Å². The minimum Gasteiger partial charge on any atom is -0.457 e. The van der Waals surface area contributed by atoms with Gasteiger partial charge in [0.25, 0.3) is 0 Å². The van der Waals surface area contributed by atoms with E-state index in [2.05, 4.69) is 0 Å². The van der Waals surface area contributed by atoms with Gasteiger partial charge >= 0.3 is 5.97 Å². The number of hydrogen-bond acceptors (Lipinski definition) is 3. The maximum absolute atomic E-state index is 13.6. The van der Waals surface area contributed by atoms with Crippen LogP contribution in [0.25, 0.3) is 0 Å². The van der Waals surface area contributed by atoms with Crippen LogP contribution in [0.15, 0.2) is 36.4 Å². The maximum Gasteiger partial charge on any atom is 0.340 e. The zero-order valence-electron chi connectivity index (χ0n) is 10.2. The van der Waals surface area contributed by atoms with E-state index in [1.165, 1.54) is 18.2 Å². The van der Waals surface area contributed by atoms with Crippen molar-refractivity contribution in [2.75, 3.05) is 5.73 Å². The lowest BCUT2D eigenvalue weighted by molar-refractivity contribution is 0.0470.